The van der Waals surface area contributed by atoms with Crippen molar-refractivity contribution >= 4 is 5.71 Å². The molecule has 0 saturated heterocycles. The molecule has 0 aromatic carbocycles. The van der Waals surface area contributed by atoms with Crippen LogP contribution in [0, 0.1) is 5.92 Å². The second kappa shape index (κ2) is 8.51. The Kier molecular flexibility index (Phi) is 7.25. The maximum absolute atomic E-state index is 8.65. The van der Waals surface area contributed by atoms with Crippen molar-refractivity contribution in [1.29, 1.82) is 0 Å². The van der Waals surface area contributed by atoms with E-state index in [-0.39, 0.29) is 0 Å². The first-order valence-corrected chi connectivity index (χ1v) is 7.07. The van der Waals surface area contributed by atoms with Crippen LogP contribution in [0.2, 0.25) is 0 Å². The van der Waals surface area contributed by atoms with E-state index in [9.17, 15) is 0 Å². The molecular formula is C14H27NO2. The standard InChI is InChI=1S/C14H27NO2/c1-12(2)14-11-13(17-15-14)9-7-5-3-4-6-8-10-16/h12-13,16H,3-11H2,1-2H3. The monoisotopic (exact) mass is 241 g/mol. The minimum absolute atomic E-state index is 0.338. The largest absolute Gasteiger partial charge is 0.396 e. The summed E-state index contributed by atoms with van der Waals surface area (Å²) in [7, 11) is 0. The molecule has 1 rings (SSSR count). The molecule has 1 heterocycles. The summed E-state index contributed by atoms with van der Waals surface area (Å²) in [6.45, 7) is 4.68. The fourth-order valence-electron chi connectivity index (χ4n) is 2.14. The Labute approximate surface area is 105 Å². The number of unbranched alkanes of at least 4 members (excludes halogenated alkanes) is 5. The van der Waals surface area contributed by atoms with Gasteiger partial charge in [0.25, 0.3) is 0 Å². The minimum Gasteiger partial charge on any atom is -0.396 e. The Morgan fingerprint density at radius 1 is 1.18 bits per heavy atom. The molecule has 1 unspecified atom stereocenters. The highest BCUT2D eigenvalue weighted by atomic mass is 16.6. The first-order chi connectivity index (χ1) is 8.24. The predicted octanol–water partition coefficient (Wildman–Crippen LogP) is 3.51. The Bertz CT molecular complexity index is 226. The molecule has 1 N–H and O–H groups in total. The van der Waals surface area contributed by atoms with Gasteiger partial charge in [0.15, 0.2) is 0 Å². The van der Waals surface area contributed by atoms with E-state index in [1.807, 2.05) is 0 Å². The third kappa shape index (κ3) is 6.06. The van der Waals surface area contributed by atoms with Crippen LogP contribution >= 0.6 is 0 Å². The van der Waals surface area contributed by atoms with Crippen LogP contribution in [0.5, 0.6) is 0 Å². The number of hydrogen-bond donors (Lipinski definition) is 1. The first-order valence-electron chi connectivity index (χ1n) is 7.07. The highest BCUT2D eigenvalue weighted by Crippen LogP contribution is 2.20. The SMILES string of the molecule is CC(C)C1=NOC(CCCCCCCCO)C1. The lowest BCUT2D eigenvalue weighted by atomic mass is 9.99. The van der Waals surface area contributed by atoms with Crippen LogP contribution in [0.3, 0.4) is 0 Å². The van der Waals surface area contributed by atoms with E-state index < -0.39 is 0 Å². The summed E-state index contributed by atoms with van der Waals surface area (Å²) in [5.74, 6) is 0.526. The molecule has 0 aromatic heterocycles. The maximum Gasteiger partial charge on any atom is 0.132 e. The lowest BCUT2D eigenvalue weighted by Gasteiger charge is -2.08. The van der Waals surface area contributed by atoms with E-state index in [4.69, 9.17) is 9.94 Å². The second-order valence-corrected chi connectivity index (χ2v) is 5.30. The predicted molar refractivity (Wildman–Crippen MR) is 71.2 cm³/mol. The third-order valence-corrected chi connectivity index (χ3v) is 3.36. The zero-order chi connectivity index (χ0) is 12.5. The van der Waals surface area contributed by atoms with E-state index in [0.29, 0.717) is 18.6 Å². The Morgan fingerprint density at radius 2 is 1.82 bits per heavy atom. The molecular weight excluding hydrogens is 214 g/mol. The number of hydrogen-bond acceptors (Lipinski definition) is 3. The van der Waals surface area contributed by atoms with Crippen LogP contribution in [0.1, 0.15) is 65.2 Å². The van der Waals surface area contributed by atoms with Crippen LogP contribution < -0.4 is 0 Å². The summed E-state index contributed by atoms with van der Waals surface area (Å²) < 4.78 is 0. The van der Waals surface area contributed by atoms with Gasteiger partial charge in [-0.3, -0.25) is 0 Å². The van der Waals surface area contributed by atoms with Gasteiger partial charge in [0.2, 0.25) is 0 Å². The van der Waals surface area contributed by atoms with Crippen LogP contribution in [-0.4, -0.2) is 23.5 Å². The molecule has 3 heteroatoms. The van der Waals surface area contributed by atoms with Gasteiger partial charge in [-0.25, -0.2) is 0 Å². The quantitative estimate of drug-likeness (QED) is 0.628. The first kappa shape index (κ1) is 14.5. The van der Waals surface area contributed by atoms with Crippen molar-refractivity contribution in [3.05, 3.63) is 0 Å². The summed E-state index contributed by atoms with van der Waals surface area (Å²) in [6, 6.07) is 0. The summed E-state index contributed by atoms with van der Waals surface area (Å²) in [4.78, 5) is 5.43. The average Bonchev–Trinajstić information content (AvgIpc) is 2.77. The van der Waals surface area contributed by atoms with Gasteiger partial charge >= 0.3 is 0 Å². The fourth-order valence-corrected chi connectivity index (χ4v) is 2.14. The lowest BCUT2D eigenvalue weighted by molar-refractivity contribution is 0.0769. The third-order valence-electron chi connectivity index (χ3n) is 3.36. The Balaban J connectivity index is 1.92. The molecule has 1 atom stereocenters. The molecule has 3 nitrogen and oxygen atoms in total. The van der Waals surface area contributed by atoms with E-state index >= 15 is 0 Å². The van der Waals surface area contributed by atoms with Gasteiger partial charge in [-0.15, -0.1) is 0 Å². The molecule has 0 spiro atoms. The second-order valence-electron chi connectivity index (χ2n) is 5.30. The molecule has 1 aliphatic rings. The average molecular weight is 241 g/mol. The molecule has 0 fully saturated rings. The van der Waals surface area contributed by atoms with Gasteiger partial charge in [0.05, 0.1) is 5.71 Å². The zero-order valence-corrected chi connectivity index (χ0v) is 11.3. The van der Waals surface area contributed by atoms with E-state index in [0.717, 1.165) is 25.7 Å². The van der Waals surface area contributed by atoms with Gasteiger partial charge in [0, 0.05) is 13.0 Å². The zero-order valence-electron chi connectivity index (χ0n) is 11.3. The van der Waals surface area contributed by atoms with Gasteiger partial charge in [0.1, 0.15) is 6.10 Å². The van der Waals surface area contributed by atoms with Crippen molar-refractivity contribution in [2.75, 3.05) is 6.61 Å². The molecule has 0 bridgehead atoms. The molecule has 0 amide bonds. The van der Waals surface area contributed by atoms with Crippen molar-refractivity contribution < 1.29 is 9.94 Å². The maximum atomic E-state index is 8.65. The highest BCUT2D eigenvalue weighted by molar-refractivity contribution is 5.87. The summed E-state index contributed by atoms with van der Waals surface area (Å²) in [5.41, 5.74) is 1.22. The van der Waals surface area contributed by atoms with Gasteiger partial charge < -0.3 is 9.94 Å². The molecule has 0 aromatic rings. The number of aliphatic hydroxyl groups is 1. The van der Waals surface area contributed by atoms with Gasteiger partial charge in [-0.05, 0) is 25.2 Å². The normalized spacial score (nSPS) is 19.5. The van der Waals surface area contributed by atoms with Crippen molar-refractivity contribution in [2.24, 2.45) is 11.1 Å². The molecule has 0 aliphatic carbocycles. The van der Waals surface area contributed by atoms with Crippen LogP contribution in [0.4, 0.5) is 0 Å². The Hall–Kier alpha value is -0.570. The van der Waals surface area contributed by atoms with E-state index in [1.54, 1.807) is 0 Å². The number of rotatable bonds is 9. The molecule has 17 heavy (non-hydrogen) atoms. The van der Waals surface area contributed by atoms with Crippen LogP contribution in [0.15, 0.2) is 5.16 Å². The van der Waals surface area contributed by atoms with E-state index in [1.165, 1.54) is 31.4 Å². The Morgan fingerprint density at radius 3 is 2.41 bits per heavy atom. The summed E-state index contributed by atoms with van der Waals surface area (Å²) in [5, 5.41) is 12.8. The van der Waals surface area contributed by atoms with Crippen molar-refractivity contribution in [3.8, 4) is 0 Å². The molecule has 100 valence electrons. The van der Waals surface area contributed by atoms with Crippen LogP contribution in [0.25, 0.3) is 0 Å². The van der Waals surface area contributed by atoms with Crippen molar-refractivity contribution in [3.63, 3.8) is 0 Å². The summed E-state index contributed by atoms with van der Waals surface area (Å²) in [6.07, 6.45) is 9.68. The van der Waals surface area contributed by atoms with Crippen LogP contribution in [-0.2, 0) is 4.84 Å². The van der Waals surface area contributed by atoms with Crippen molar-refractivity contribution in [1.82, 2.24) is 0 Å². The van der Waals surface area contributed by atoms with Gasteiger partial charge in [-0.1, -0.05) is 44.7 Å². The number of aliphatic hydroxyl groups excluding tert-OH is 1. The minimum atomic E-state index is 0.338. The molecule has 0 saturated carbocycles. The summed E-state index contributed by atoms with van der Waals surface area (Å²) >= 11 is 0. The van der Waals surface area contributed by atoms with E-state index in [2.05, 4.69) is 19.0 Å². The highest BCUT2D eigenvalue weighted by Gasteiger charge is 2.21. The topological polar surface area (TPSA) is 41.8 Å². The number of nitrogens with zero attached hydrogens (tertiary/aromatic N) is 1. The molecule has 1 aliphatic heterocycles. The van der Waals surface area contributed by atoms with Crippen molar-refractivity contribution in [2.45, 2.75) is 71.3 Å². The fraction of sp³-hybridized carbons (Fsp3) is 0.929. The van der Waals surface area contributed by atoms with Gasteiger partial charge in [-0.2, -0.15) is 0 Å². The smallest absolute Gasteiger partial charge is 0.132 e. The molecule has 0 radical (unpaired) electrons. The lowest BCUT2D eigenvalue weighted by Crippen LogP contribution is -2.11. The number of oxime groups is 1.